The first-order valence-corrected chi connectivity index (χ1v) is 43.2. The molecule has 96 heavy (non-hydrogen) atoms. The van der Waals surface area contributed by atoms with Gasteiger partial charge in [0.1, 0.15) is 19.3 Å². The van der Waals surface area contributed by atoms with E-state index in [0.717, 1.165) is 102 Å². The molecular formula is C77H150O17P2. The summed E-state index contributed by atoms with van der Waals surface area (Å²) in [6, 6.07) is 0. The molecule has 0 rings (SSSR count). The summed E-state index contributed by atoms with van der Waals surface area (Å²) >= 11 is 0. The smallest absolute Gasteiger partial charge is 0.462 e. The van der Waals surface area contributed by atoms with Crippen molar-refractivity contribution in [2.75, 3.05) is 39.6 Å². The van der Waals surface area contributed by atoms with Crippen LogP contribution >= 0.6 is 15.6 Å². The van der Waals surface area contributed by atoms with E-state index in [0.29, 0.717) is 25.7 Å². The Labute approximate surface area is 588 Å². The molecule has 0 aliphatic carbocycles. The second kappa shape index (κ2) is 70.1. The van der Waals surface area contributed by atoms with E-state index in [4.69, 9.17) is 37.0 Å². The van der Waals surface area contributed by atoms with Gasteiger partial charge in [-0.05, 0) is 31.6 Å². The first-order valence-electron chi connectivity index (χ1n) is 40.2. The van der Waals surface area contributed by atoms with E-state index >= 15 is 0 Å². The quantitative estimate of drug-likeness (QED) is 0.0222. The van der Waals surface area contributed by atoms with Gasteiger partial charge in [-0.2, -0.15) is 0 Å². The zero-order valence-corrected chi connectivity index (χ0v) is 64.3. The molecule has 17 nitrogen and oxygen atoms in total. The van der Waals surface area contributed by atoms with Gasteiger partial charge in [-0.15, -0.1) is 0 Å². The Morgan fingerprint density at radius 3 is 0.740 bits per heavy atom. The van der Waals surface area contributed by atoms with E-state index in [1.54, 1.807) is 0 Å². The van der Waals surface area contributed by atoms with Crippen molar-refractivity contribution in [3.05, 3.63) is 0 Å². The highest BCUT2D eigenvalue weighted by atomic mass is 31.2. The molecule has 570 valence electrons. The number of ether oxygens (including phenoxy) is 4. The van der Waals surface area contributed by atoms with Crippen molar-refractivity contribution in [2.45, 2.75) is 425 Å². The standard InChI is InChI=1S/C77H150O17P2/c1-6-10-13-16-18-20-22-24-26-28-30-34-38-42-46-51-56-61-75(80)88-67-73(94-77(82)63-58-53-48-44-40-36-32-31-33-37-41-45-50-54-59-70(5)9-4)69-92-96(85,86)90-65-71(78)64-89-95(83,84)91-68-72(66-87-74(79)60-55-49-15-12-8-3)93-76(81)62-57-52-47-43-39-35-29-27-25-23-21-19-17-14-11-7-2/h70-73,78H,6-69H2,1-5H3,(H,83,84)(H,85,86)/t70?,71-,72+,73+/m0/s1. The van der Waals surface area contributed by atoms with Crippen LogP contribution in [0.1, 0.15) is 407 Å². The second-order valence-electron chi connectivity index (χ2n) is 28.0. The Hall–Kier alpha value is -1.94. The van der Waals surface area contributed by atoms with E-state index in [2.05, 4.69) is 34.6 Å². The zero-order valence-electron chi connectivity index (χ0n) is 62.5. The average Bonchev–Trinajstić information content (AvgIpc) is 2.31. The fourth-order valence-electron chi connectivity index (χ4n) is 11.8. The van der Waals surface area contributed by atoms with Crippen LogP contribution in [0.15, 0.2) is 0 Å². The van der Waals surface area contributed by atoms with Crippen LogP contribution in [-0.4, -0.2) is 96.7 Å². The molecule has 0 radical (unpaired) electrons. The minimum absolute atomic E-state index is 0.108. The van der Waals surface area contributed by atoms with Gasteiger partial charge >= 0.3 is 39.5 Å². The Balaban J connectivity index is 5.14. The second-order valence-corrected chi connectivity index (χ2v) is 30.9. The summed E-state index contributed by atoms with van der Waals surface area (Å²) in [5, 5.41) is 10.6. The Morgan fingerprint density at radius 1 is 0.292 bits per heavy atom. The SMILES string of the molecule is CCCCCCCCCCCCCCCCCCCC(=O)OC[C@H](COP(=O)(O)OC[C@@H](O)COP(=O)(O)OC[C@@H](COC(=O)CCCCCCC)OC(=O)CCCCCCCCCCCCCCCCCC)OC(=O)CCCCCCCCCCCCCCCCC(C)CC. The molecule has 0 aromatic rings. The third kappa shape index (κ3) is 69.2. The van der Waals surface area contributed by atoms with E-state index in [1.165, 1.54) is 225 Å². The highest BCUT2D eigenvalue weighted by molar-refractivity contribution is 7.47. The summed E-state index contributed by atoms with van der Waals surface area (Å²) in [5.74, 6) is -1.28. The number of aliphatic hydroxyl groups excluding tert-OH is 1. The predicted molar refractivity (Wildman–Crippen MR) is 391 cm³/mol. The number of phosphoric acid groups is 2. The predicted octanol–water partition coefficient (Wildman–Crippen LogP) is 22.9. The molecule has 19 heteroatoms. The maximum absolute atomic E-state index is 13.1. The van der Waals surface area contributed by atoms with Crippen molar-refractivity contribution < 1.29 is 80.2 Å². The van der Waals surface area contributed by atoms with Gasteiger partial charge in [0.2, 0.25) is 0 Å². The van der Waals surface area contributed by atoms with Gasteiger partial charge in [-0.25, -0.2) is 9.13 Å². The molecule has 0 aromatic carbocycles. The van der Waals surface area contributed by atoms with Gasteiger partial charge in [-0.1, -0.05) is 356 Å². The summed E-state index contributed by atoms with van der Waals surface area (Å²) in [4.78, 5) is 72.6. The molecule has 0 aliphatic rings. The first kappa shape index (κ1) is 94.1. The lowest BCUT2D eigenvalue weighted by atomic mass is 9.99. The van der Waals surface area contributed by atoms with Crippen molar-refractivity contribution in [3.63, 3.8) is 0 Å². The van der Waals surface area contributed by atoms with Gasteiger partial charge in [0.05, 0.1) is 26.4 Å². The van der Waals surface area contributed by atoms with Crippen molar-refractivity contribution in [1.82, 2.24) is 0 Å². The molecule has 0 spiro atoms. The number of phosphoric ester groups is 2. The number of carbonyl (C=O) groups is 4. The lowest BCUT2D eigenvalue weighted by Gasteiger charge is -2.21. The van der Waals surface area contributed by atoms with Crippen molar-refractivity contribution >= 4 is 39.5 Å². The van der Waals surface area contributed by atoms with Crippen LogP contribution in [-0.2, 0) is 65.4 Å². The fraction of sp³-hybridized carbons (Fsp3) is 0.948. The van der Waals surface area contributed by atoms with Crippen LogP contribution in [0, 0.1) is 5.92 Å². The average molecular weight is 1410 g/mol. The Morgan fingerprint density at radius 2 is 0.500 bits per heavy atom. The zero-order chi connectivity index (χ0) is 70.5. The highest BCUT2D eigenvalue weighted by Crippen LogP contribution is 2.45. The van der Waals surface area contributed by atoms with Crippen LogP contribution in [0.25, 0.3) is 0 Å². The molecule has 3 unspecified atom stereocenters. The molecule has 3 N–H and O–H groups in total. The molecular weight excluding hydrogens is 1260 g/mol. The van der Waals surface area contributed by atoms with E-state index < -0.39 is 97.5 Å². The van der Waals surface area contributed by atoms with E-state index in [1.807, 2.05) is 0 Å². The van der Waals surface area contributed by atoms with Gasteiger partial charge in [0.15, 0.2) is 12.2 Å². The minimum atomic E-state index is -4.96. The maximum Gasteiger partial charge on any atom is 0.472 e. The molecule has 0 fully saturated rings. The van der Waals surface area contributed by atoms with Crippen LogP contribution < -0.4 is 0 Å². The Bertz CT molecular complexity index is 1840. The largest absolute Gasteiger partial charge is 0.472 e. The molecule has 6 atom stereocenters. The number of hydrogen-bond donors (Lipinski definition) is 3. The van der Waals surface area contributed by atoms with Crippen LogP contribution in [0.2, 0.25) is 0 Å². The molecule has 0 saturated heterocycles. The summed E-state index contributed by atoms with van der Waals surface area (Å²) in [7, 11) is -9.90. The molecule has 0 aromatic heterocycles. The molecule has 0 bridgehead atoms. The fourth-order valence-corrected chi connectivity index (χ4v) is 13.4. The number of unbranched alkanes of at least 4 members (excludes halogenated alkanes) is 48. The summed E-state index contributed by atoms with van der Waals surface area (Å²) in [6.45, 7) is 7.28. The Kier molecular flexibility index (Phi) is 68.7. The van der Waals surface area contributed by atoms with Gasteiger partial charge < -0.3 is 33.8 Å². The number of esters is 4. The van der Waals surface area contributed by atoms with Gasteiger partial charge in [0, 0.05) is 25.7 Å². The lowest BCUT2D eigenvalue weighted by Crippen LogP contribution is -2.30. The van der Waals surface area contributed by atoms with E-state index in [9.17, 15) is 43.2 Å². The third-order valence-corrected chi connectivity index (χ3v) is 20.3. The number of carbonyl (C=O) groups excluding carboxylic acids is 4. The first-order chi connectivity index (χ1) is 46.6. The highest BCUT2D eigenvalue weighted by Gasteiger charge is 2.30. The van der Waals surface area contributed by atoms with Crippen LogP contribution in [0.4, 0.5) is 0 Å². The summed E-state index contributed by atoms with van der Waals surface area (Å²) in [5.41, 5.74) is 0. The van der Waals surface area contributed by atoms with E-state index in [-0.39, 0.29) is 25.7 Å². The normalized spacial score (nSPS) is 14.2. The van der Waals surface area contributed by atoms with Crippen molar-refractivity contribution in [2.24, 2.45) is 5.92 Å². The topological polar surface area (TPSA) is 237 Å². The number of aliphatic hydroxyl groups is 1. The van der Waals surface area contributed by atoms with Crippen LogP contribution in [0.5, 0.6) is 0 Å². The van der Waals surface area contributed by atoms with Crippen LogP contribution in [0.3, 0.4) is 0 Å². The minimum Gasteiger partial charge on any atom is -0.462 e. The summed E-state index contributed by atoms with van der Waals surface area (Å²) < 4.78 is 68.4. The third-order valence-electron chi connectivity index (χ3n) is 18.4. The molecule has 0 amide bonds. The van der Waals surface area contributed by atoms with Gasteiger partial charge in [0.25, 0.3) is 0 Å². The van der Waals surface area contributed by atoms with Crippen molar-refractivity contribution in [1.29, 1.82) is 0 Å². The van der Waals surface area contributed by atoms with Crippen molar-refractivity contribution in [3.8, 4) is 0 Å². The summed E-state index contributed by atoms with van der Waals surface area (Å²) in [6.07, 6.45) is 60.0. The van der Waals surface area contributed by atoms with Gasteiger partial charge in [-0.3, -0.25) is 37.3 Å². The lowest BCUT2D eigenvalue weighted by molar-refractivity contribution is -0.161. The molecule has 0 heterocycles. The molecule has 0 saturated carbocycles. The number of hydrogen-bond acceptors (Lipinski definition) is 15. The molecule has 0 aliphatic heterocycles. The monoisotopic (exact) mass is 1410 g/mol. The maximum atomic E-state index is 13.1. The number of rotatable bonds is 77.